The number of hydrogen-bond donors (Lipinski definition) is 1. The standard InChI is InChI=1S/C21H25ClN2O5/c1-3-14(7-9-25)29-17-5-4-13-6-8-24(21(28)18(13)19(17)22)11-15-16(26)10-12(2)23-20(15)27/h4-5,14-15,25H,3,6-11H2,1-2H3. The molecule has 0 spiro atoms. The number of benzene rings is 1. The zero-order chi connectivity index (χ0) is 21.1. The van der Waals surface area contributed by atoms with E-state index in [2.05, 4.69) is 4.99 Å². The number of fused-ring (bicyclic) bond motifs is 1. The Labute approximate surface area is 174 Å². The van der Waals surface area contributed by atoms with Gasteiger partial charge >= 0.3 is 0 Å². The van der Waals surface area contributed by atoms with Crippen molar-refractivity contribution in [1.82, 2.24) is 4.90 Å². The largest absolute Gasteiger partial charge is 0.489 e. The number of aliphatic hydroxyl groups excluding tert-OH is 1. The SMILES string of the molecule is CCC(CCO)Oc1ccc2c(c1Cl)C(=O)N(CC1C(=O)CC(C)=NC1=O)CC2. The van der Waals surface area contributed by atoms with E-state index < -0.39 is 11.8 Å². The summed E-state index contributed by atoms with van der Waals surface area (Å²) in [5, 5.41) is 9.39. The summed E-state index contributed by atoms with van der Waals surface area (Å²) in [6.45, 7) is 4.01. The molecular weight excluding hydrogens is 396 g/mol. The first kappa shape index (κ1) is 21.5. The smallest absolute Gasteiger partial charge is 0.257 e. The van der Waals surface area contributed by atoms with Crippen molar-refractivity contribution in [3.8, 4) is 5.75 Å². The van der Waals surface area contributed by atoms with Gasteiger partial charge in [-0.2, -0.15) is 0 Å². The number of nitrogens with zero attached hydrogens (tertiary/aromatic N) is 2. The maximum atomic E-state index is 13.1. The zero-order valence-corrected chi connectivity index (χ0v) is 17.4. The number of amides is 2. The minimum Gasteiger partial charge on any atom is -0.489 e. The normalized spacial score (nSPS) is 20.4. The van der Waals surface area contributed by atoms with Crippen LogP contribution in [0.1, 0.15) is 49.0 Å². The number of ether oxygens (including phenoxy) is 1. The number of hydrogen-bond acceptors (Lipinski definition) is 5. The van der Waals surface area contributed by atoms with Gasteiger partial charge in [-0.3, -0.25) is 14.4 Å². The molecule has 29 heavy (non-hydrogen) atoms. The van der Waals surface area contributed by atoms with Crippen LogP contribution in [0.25, 0.3) is 0 Å². The van der Waals surface area contributed by atoms with E-state index >= 15 is 0 Å². The Morgan fingerprint density at radius 2 is 2.10 bits per heavy atom. The lowest BCUT2D eigenvalue weighted by molar-refractivity contribution is -0.132. The van der Waals surface area contributed by atoms with Crippen LogP contribution in [-0.2, 0) is 16.0 Å². The van der Waals surface area contributed by atoms with Crippen LogP contribution in [-0.4, -0.2) is 59.1 Å². The Hall–Kier alpha value is -2.25. The van der Waals surface area contributed by atoms with Crippen molar-refractivity contribution >= 4 is 34.9 Å². The van der Waals surface area contributed by atoms with Gasteiger partial charge in [0.25, 0.3) is 11.8 Å². The van der Waals surface area contributed by atoms with Gasteiger partial charge in [-0.1, -0.05) is 24.6 Å². The van der Waals surface area contributed by atoms with Crippen LogP contribution in [0.15, 0.2) is 17.1 Å². The molecule has 2 amide bonds. The highest BCUT2D eigenvalue weighted by molar-refractivity contribution is 6.35. The van der Waals surface area contributed by atoms with Crippen molar-refractivity contribution in [3.63, 3.8) is 0 Å². The summed E-state index contributed by atoms with van der Waals surface area (Å²) in [6, 6.07) is 3.57. The number of carbonyl (C=O) groups excluding carboxylic acids is 3. The highest BCUT2D eigenvalue weighted by Crippen LogP contribution is 2.35. The second-order valence-electron chi connectivity index (χ2n) is 7.45. The first-order valence-electron chi connectivity index (χ1n) is 9.84. The number of Topliss-reactive ketones (excluding diaryl/α,β-unsaturated/α-hetero) is 1. The predicted molar refractivity (Wildman–Crippen MR) is 109 cm³/mol. The van der Waals surface area contributed by atoms with Crippen LogP contribution in [0.2, 0.25) is 5.02 Å². The zero-order valence-electron chi connectivity index (χ0n) is 16.6. The third-order valence-corrected chi connectivity index (χ3v) is 5.74. The molecule has 0 fully saturated rings. The van der Waals surface area contributed by atoms with E-state index in [0.29, 0.717) is 42.8 Å². The molecule has 1 N–H and O–H groups in total. The van der Waals surface area contributed by atoms with Crippen LogP contribution >= 0.6 is 11.6 Å². The van der Waals surface area contributed by atoms with Crippen LogP contribution < -0.4 is 4.74 Å². The monoisotopic (exact) mass is 420 g/mol. The molecule has 0 bridgehead atoms. The quantitative estimate of drug-likeness (QED) is 0.683. The van der Waals surface area contributed by atoms with Crippen molar-refractivity contribution in [3.05, 3.63) is 28.3 Å². The predicted octanol–water partition coefficient (Wildman–Crippen LogP) is 2.45. The topological polar surface area (TPSA) is 96.3 Å². The molecule has 0 aliphatic carbocycles. The first-order chi connectivity index (χ1) is 13.8. The number of halogens is 1. The molecule has 7 nitrogen and oxygen atoms in total. The molecule has 0 radical (unpaired) electrons. The molecule has 0 saturated heterocycles. The molecule has 2 heterocycles. The number of carbonyl (C=O) groups is 3. The van der Waals surface area contributed by atoms with Crippen molar-refractivity contribution in [1.29, 1.82) is 0 Å². The lowest BCUT2D eigenvalue weighted by atomic mass is 9.93. The maximum absolute atomic E-state index is 13.1. The molecule has 1 aromatic carbocycles. The number of ketones is 1. The van der Waals surface area contributed by atoms with Crippen molar-refractivity contribution in [2.75, 3.05) is 19.7 Å². The van der Waals surface area contributed by atoms with E-state index in [1.165, 1.54) is 4.90 Å². The molecule has 2 aliphatic heterocycles. The van der Waals surface area contributed by atoms with Gasteiger partial charge in [0.15, 0.2) is 5.78 Å². The average molecular weight is 421 g/mol. The maximum Gasteiger partial charge on any atom is 0.257 e. The summed E-state index contributed by atoms with van der Waals surface area (Å²) >= 11 is 6.52. The molecule has 1 aromatic rings. The Bertz CT molecular complexity index is 867. The molecule has 0 saturated carbocycles. The van der Waals surface area contributed by atoms with Crippen molar-refractivity contribution < 1.29 is 24.2 Å². The Kier molecular flexibility index (Phi) is 6.70. The van der Waals surface area contributed by atoms with E-state index in [1.807, 2.05) is 13.0 Å². The number of aliphatic hydroxyl groups is 1. The minimum atomic E-state index is -0.920. The van der Waals surface area contributed by atoms with Crippen LogP contribution in [0, 0.1) is 5.92 Å². The molecule has 8 heteroatoms. The molecule has 2 unspecified atom stereocenters. The van der Waals surface area contributed by atoms with Crippen molar-refractivity contribution in [2.24, 2.45) is 10.9 Å². The third kappa shape index (κ3) is 4.51. The lowest BCUT2D eigenvalue weighted by Crippen LogP contribution is -2.45. The fourth-order valence-corrected chi connectivity index (χ4v) is 4.02. The van der Waals surface area contributed by atoms with E-state index in [0.717, 1.165) is 5.56 Å². The van der Waals surface area contributed by atoms with Gasteiger partial charge in [0, 0.05) is 38.2 Å². The first-order valence-corrected chi connectivity index (χ1v) is 10.2. The van der Waals surface area contributed by atoms with Gasteiger partial charge in [-0.05, 0) is 31.4 Å². The molecule has 3 rings (SSSR count). The highest BCUT2D eigenvalue weighted by atomic mass is 35.5. The van der Waals surface area contributed by atoms with Crippen LogP contribution in [0.4, 0.5) is 0 Å². The fraction of sp³-hybridized carbons (Fsp3) is 0.524. The highest BCUT2D eigenvalue weighted by Gasteiger charge is 2.36. The number of aliphatic imine (C=N–C) groups is 1. The van der Waals surface area contributed by atoms with Crippen molar-refractivity contribution in [2.45, 2.75) is 45.6 Å². The van der Waals surface area contributed by atoms with Crippen LogP contribution in [0.3, 0.4) is 0 Å². The Morgan fingerprint density at radius 1 is 1.34 bits per heavy atom. The summed E-state index contributed by atoms with van der Waals surface area (Å²) < 4.78 is 5.89. The van der Waals surface area contributed by atoms with Gasteiger partial charge in [-0.15, -0.1) is 0 Å². The summed E-state index contributed by atoms with van der Waals surface area (Å²) in [6.07, 6.45) is 1.67. The lowest BCUT2D eigenvalue weighted by Gasteiger charge is -2.32. The van der Waals surface area contributed by atoms with Gasteiger partial charge in [0.2, 0.25) is 0 Å². The van der Waals surface area contributed by atoms with Crippen LogP contribution in [0.5, 0.6) is 5.75 Å². The third-order valence-electron chi connectivity index (χ3n) is 5.37. The molecule has 2 aliphatic rings. The molecule has 0 aromatic heterocycles. The molecule has 2 atom stereocenters. The Balaban J connectivity index is 1.82. The van der Waals surface area contributed by atoms with E-state index in [9.17, 15) is 14.4 Å². The minimum absolute atomic E-state index is 0.000817. The van der Waals surface area contributed by atoms with Gasteiger partial charge in [0.1, 0.15) is 17.8 Å². The van der Waals surface area contributed by atoms with E-state index in [1.54, 1.807) is 13.0 Å². The summed E-state index contributed by atoms with van der Waals surface area (Å²) in [7, 11) is 0. The molecular formula is C21H25ClN2O5. The average Bonchev–Trinajstić information content (AvgIpc) is 2.67. The van der Waals surface area contributed by atoms with Gasteiger partial charge in [-0.25, -0.2) is 4.99 Å². The second-order valence-corrected chi connectivity index (χ2v) is 7.83. The molecule has 156 valence electrons. The van der Waals surface area contributed by atoms with E-state index in [-0.39, 0.29) is 42.4 Å². The van der Waals surface area contributed by atoms with E-state index in [4.69, 9.17) is 21.4 Å². The summed E-state index contributed by atoms with van der Waals surface area (Å²) in [5.41, 5.74) is 1.67. The summed E-state index contributed by atoms with van der Waals surface area (Å²) in [4.78, 5) is 42.9. The number of rotatable bonds is 7. The van der Waals surface area contributed by atoms with Gasteiger partial charge in [0.05, 0.1) is 10.6 Å². The Morgan fingerprint density at radius 3 is 2.76 bits per heavy atom. The fourth-order valence-electron chi connectivity index (χ4n) is 3.71. The second kappa shape index (κ2) is 9.05. The summed E-state index contributed by atoms with van der Waals surface area (Å²) in [5.74, 6) is -1.54. The van der Waals surface area contributed by atoms with Gasteiger partial charge < -0.3 is 14.7 Å².